The lowest BCUT2D eigenvalue weighted by molar-refractivity contribution is -0.539. The monoisotopic (exact) mass is 611 g/mol. The molecule has 0 amide bonds. The van der Waals surface area contributed by atoms with E-state index in [4.69, 9.17) is 4.74 Å². The van der Waals surface area contributed by atoms with Gasteiger partial charge in [0.2, 0.25) is 5.36 Å². The molecule has 3 atom stereocenters. The van der Waals surface area contributed by atoms with Crippen LogP contribution in [0.15, 0.2) is 46.2 Å². The predicted octanol–water partition coefficient (Wildman–Crippen LogP) is 0.843. The van der Waals surface area contributed by atoms with Crippen molar-refractivity contribution < 1.29 is 45.6 Å². The van der Waals surface area contributed by atoms with E-state index in [0.29, 0.717) is 22.3 Å². The maximum absolute atomic E-state index is 12.9. The van der Waals surface area contributed by atoms with Crippen molar-refractivity contribution in [2.24, 2.45) is 0 Å². The molecule has 0 saturated carbocycles. The Hall–Kier alpha value is -3.78. The average Bonchev–Trinajstić information content (AvgIpc) is 3.28. The summed E-state index contributed by atoms with van der Waals surface area (Å²) in [5.41, 5.74) is 1.42. The summed E-state index contributed by atoms with van der Waals surface area (Å²) in [6.45, 7) is 9.34. The molecule has 0 bridgehead atoms. The maximum atomic E-state index is 12.9. The summed E-state index contributed by atoms with van der Waals surface area (Å²) in [5, 5.41) is 12.8. The van der Waals surface area contributed by atoms with Gasteiger partial charge in [-0.25, -0.2) is 26.6 Å². The normalized spacial score (nSPS) is 21.8. The second kappa shape index (κ2) is 8.86. The van der Waals surface area contributed by atoms with Gasteiger partial charge in [-0.1, -0.05) is 19.1 Å². The van der Waals surface area contributed by atoms with Crippen LogP contribution >= 0.6 is 0 Å². The molecule has 3 aliphatic heterocycles. The highest BCUT2D eigenvalue weighted by molar-refractivity contribution is 7.86. The third-order valence-corrected chi connectivity index (χ3v) is 10.7. The van der Waals surface area contributed by atoms with Crippen LogP contribution in [0.4, 0.5) is 5.69 Å². The van der Waals surface area contributed by atoms with Crippen molar-refractivity contribution in [3.63, 3.8) is 0 Å². The van der Waals surface area contributed by atoms with Gasteiger partial charge in [-0.05, 0) is 63.1 Å². The van der Waals surface area contributed by atoms with Gasteiger partial charge in [-0.15, -0.1) is 0 Å². The van der Waals surface area contributed by atoms with E-state index in [9.17, 15) is 35.8 Å². The van der Waals surface area contributed by atoms with Crippen LogP contribution in [0.5, 0.6) is 11.5 Å². The number of aromatic carboxylic acids is 1. The molecule has 3 unspecified atom stereocenters. The highest BCUT2D eigenvalue weighted by Gasteiger charge is 2.44. The fourth-order valence-corrected chi connectivity index (χ4v) is 7.70. The fourth-order valence-electron chi connectivity index (χ4n) is 6.10. The smallest absolute Gasteiger partial charge is 0.335 e. The molecule has 3 heterocycles. The molecule has 0 fully saturated rings. The van der Waals surface area contributed by atoms with E-state index in [1.807, 2.05) is 34.6 Å². The zero-order chi connectivity index (χ0) is 30.7. The van der Waals surface area contributed by atoms with Crippen LogP contribution in [-0.4, -0.2) is 49.1 Å². The molecular weight excluding hydrogens is 584 g/mol. The number of ether oxygens (including phenoxy) is 1. The molecule has 6 rings (SSSR count). The number of anilines is 1. The van der Waals surface area contributed by atoms with Gasteiger partial charge < -0.3 is 24.3 Å². The van der Waals surface area contributed by atoms with Crippen LogP contribution in [0.1, 0.15) is 73.1 Å². The van der Waals surface area contributed by atoms with Gasteiger partial charge in [0.25, 0.3) is 0 Å². The first kappa shape index (κ1) is 28.3. The summed E-state index contributed by atoms with van der Waals surface area (Å²) in [4.78, 5) is 13.3. The number of hydrogen-bond donors (Lipinski definition) is 3. The number of nitrogens with one attached hydrogen (secondary N) is 2. The second-order valence-electron chi connectivity index (χ2n) is 11.6. The van der Waals surface area contributed by atoms with E-state index >= 15 is 0 Å². The summed E-state index contributed by atoms with van der Waals surface area (Å²) >= 11 is 0. The van der Waals surface area contributed by atoms with E-state index in [1.54, 1.807) is 12.1 Å². The number of carboxylic acid groups (broad SMARTS) is 1. The molecule has 13 heteroatoms. The lowest BCUT2D eigenvalue weighted by Gasteiger charge is -2.28. The van der Waals surface area contributed by atoms with Crippen LogP contribution in [0.25, 0.3) is 5.57 Å². The van der Waals surface area contributed by atoms with Crippen molar-refractivity contribution in [2.75, 3.05) is 5.32 Å². The van der Waals surface area contributed by atoms with Crippen LogP contribution < -0.4 is 25.6 Å². The number of hydrogen-bond acceptors (Lipinski definition) is 9. The van der Waals surface area contributed by atoms with Crippen molar-refractivity contribution in [1.82, 2.24) is 0 Å². The van der Waals surface area contributed by atoms with Crippen molar-refractivity contribution >= 4 is 37.5 Å². The van der Waals surface area contributed by atoms with E-state index in [1.165, 1.54) is 24.3 Å². The number of carbonyl (C=O) groups is 1. The van der Waals surface area contributed by atoms with E-state index in [2.05, 4.69) is 10.3 Å². The molecule has 0 aliphatic carbocycles. The van der Waals surface area contributed by atoms with Gasteiger partial charge in [0.05, 0.1) is 16.7 Å². The maximum Gasteiger partial charge on any atom is 0.335 e. The standard InChI is InChI=1S/C29H28N2O9S2/c1-12-13(2)30-22-17(12)10-18-21(15-6-8-16(9-7-15)28(32)33)19-11-20-23(31-14(3)29(20,4)5)27(42(37,38)39)25(19)40-24(18)26(22)41(34,35)36/h6-14,30H,1-5H3,(H,32,33)(H,34,35,36)(H,37,38,39)/p-1. The molecular formula is C29H27N2O9S2-. The first-order chi connectivity index (χ1) is 19.4. The molecule has 0 aromatic heterocycles. The van der Waals surface area contributed by atoms with E-state index in [0.717, 1.165) is 0 Å². The molecule has 11 nitrogen and oxygen atoms in total. The third-order valence-electron chi connectivity index (χ3n) is 8.92. The molecule has 220 valence electrons. The molecule has 42 heavy (non-hydrogen) atoms. The molecule has 0 spiro atoms. The van der Waals surface area contributed by atoms with Crippen molar-refractivity contribution in [2.45, 2.75) is 67.8 Å². The highest BCUT2D eigenvalue weighted by atomic mass is 32.2. The predicted molar refractivity (Wildman–Crippen MR) is 147 cm³/mol. The molecule has 3 N–H and O–H groups in total. The quantitative estimate of drug-likeness (QED) is 0.279. The average molecular weight is 612 g/mol. The summed E-state index contributed by atoms with van der Waals surface area (Å²) in [7, 11) is -10.4. The van der Waals surface area contributed by atoms with E-state index < -0.39 is 52.9 Å². The highest BCUT2D eigenvalue weighted by Crippen LogP contribution is 2.51. The van der Waals surface area contributed by atoms with Gasteiger partial charge in [0.15, 0.2) is 22.4 Å². The summed E-state index contributed by atoms with van der Waals surface area (Å²) < 4.78 is 83.1. The first-order valence-corrected chi connectivity index (χ1v) is 16.0. The van der Waals surface area contributed by atoms with Crippen molar-refractivity contribution in [3.05, 3.63) is 74.8 Å². The van der Waals surface area contributed by atoms with Gasteiger partial charge in [0, 0.05) is 33.9 Å². The number of carboxylic acids is 1. The summed E-state index contributed by atoms with van der Waals surface area (Å²) in [6.07, 6.45) is 0. The van der Waals surface area contributed by atoms with Crippen LogP contribution in [0.2, 0.25) is 0 Å². The van der Waals surface area contributed by atoms with Crippen molar-refractivity contribution in [3.8, 4) is 11.5 Å². The van der Waals surface area contributed by atoms with Gasteiger partial charge >= 0.3 is 5.97 Å². The Morgan fingerprint density at radius 1 is 0.976 bits per heavy atom. The Bertz CT molecular complexity index is 2090. The minimum atomic E-state index is -5.22. The summed E-state index contributed by atoms with van der Waals surface area (Å²) in [6, 6.07) is 8.61. The largest absolute Gasteiger partial charge is 0.744 e. The number of fused-ring (bicyclic) bond motifs is 4. The fraction of sp³-hybridized carbons (Fsp3) is 0.310. The minimum absolute atomic E-state index is 0.00813. The summed E-state index contributed by atoms with van der Waals surface area (Å²) in [5.74, 6) is -2.18. The lowest BCUT2D eigenvalue weighted by atomic mass is 9.79. The van der Waals surface area contributed by atoms with E-state index in [-0.39, 0.29) is 45.4 Å². The topological polar surface area (TPSA) is 187 Å². The SMILES string of the molecule is CC1Nc2c(cc3c(c2S(=O)(=O)[O-])Oc2c(S(=O)(=O)[O-])c4c(cc2=C3c2ccc(C(=O)O)cc2)C(C)(C)C(C)[NH+]=4)C1C. The Morgan fingerprint density at radius 3 is 2.17 bits per heavy atom. The first-order valence-electron chi connectivity index (χ1n) is 13.2. The molecule has 3 aliphatic rings. The Balaban J connectivity index is 1.86. The second-order valence-corrected chi connectivity index (χ2v) is 14.3. The van der Waals surface area contributed by atoms with Crippen LogP contribution in [0, 0.1) is 0 Å². The van der Waals surface area contributed by atoms with Gasteiger partial charge in [-0.3, -0.25) is 0 Å². The zero-order valence-corrected chi connectivity index (χ0v) is 24.9. The Labute approximate surface area is 242 Å². The van der Waals surface area contributed by atoms with Crippen LogP contribution in [-0.2, 0) is 25.7 Å². The molecule has 0 saturated heterocycles. The number of rotatable bonds is 4. The van der Waals surface area contributed by atoms with Gasteiger partial charge in [0.1, 0.15) is 25.1 Å². The number of benzene rings is 3. The van der Waals surface area contributed by atoms with Gasteiger partial charge in [-0.2, -0.15) is 0 Å². The Morgan fingerprint density at radius 2 is 1.60 bits per heavy atom. The molecule has 3 aromatic carbocycles. The third kappa shape index (κ3) is 3.98. The Kier molecular flexibility index (Phi) is 5.98. The van der Waals surface area contributed by atoms with Crippen LogP contribution in [0.3, 0.4) is 0 Å². The zero-order valence-electron chi connectivity index (χ0n) is 23.2. The minimum Gasteiger partial charge on any atom is -0.744 e. The van der Waals surface area contributed by atoms with Crippen molar-refractivity contribution in [1.29, 1.82) is 0 Å². The molecule has 3 aromatic rings. The molecule has 0 radical (unpaired) electrons. The lowest BCUT2D eigenvalue weighted by Crippen LogP contribution is -2.81.